The Bertz CT molecular complexity index is 429. The van der Waals surface area contributed by atoms with Crippen LogP contribution >= 0.6 is 11.5 Å². The average molecular weight is 191 g/mol. The Morgan fingerprint density at radius 3 is 2.77 bits per heavy atom. The van der Waals surface area contributed by atoms with E-state index < -0.39 is 0 Å². The van der Waals surface area contributed by atoms with Gasteiger partial charge >= 0.3 is 0 Å². The molecule has 0 unspecified atom stereocenters. The maximum atomic E-state index is 4.25. The Balaban J connectivity index is 2.78. The van der Waals surface area contributed by atoms with Crippen LogP contribution in [0, 0.1) is 6.92 Å². The highest BCUT2D eigenvalue weighted by Crippen LogP contribution is 2.29. The summed E-state index contributed by atoms with van der Waals surface area (Å²) in [5.41, 5.74) is 2.75. The number of hydrogen-bond donors (Lipinski definition) is 0. The van der Waals surface area contributed by atoms with E-state index in [-0.39, 0.29) is 0 Å². The molecule has 1 aromatic carbocycles. The Morgan fingerprint density at radius 1 is 1.31 bits per heavy atom. The van der Waals surface area contributed by atoms with Gasteiger partial charge in [-0.3, -0.25) is 0 Å². The fraction of sp³-hybridized carbons (Fsp3) is 0.364. The molecule has 0 aliphatic carbocycles. The van der Waals surface area contributed by atoms with Crippen LogP contribution in [0.3, 0.4) is 0 Å². The topological polar surface area (TPSA) is 12.9 Å². The largest absolute Gasteiger partial charge is 0.200 e. The lowest BCUT2D eigenvalue weighted by Crippen LogP contribution is -1.88. The van der Waals surface area contributed by atoms with Crippen LogP contribution in [0.2, 0.25) is 0 Å². The van der Waals surface area contributed by atoms with E-state index in [1.165, 1.54) is 21.2 Å². The van der Waals surface area contributed by atoms with Gasteiger partial charge in [0.2, 0.25) is 0 Å². The Morgan fingerprint density at radius 2 is 2.08 bits per heavy atom. The quantitative estimate of drug-likeness (QED) is 0.669. The van der Waals surface area contributed by atoms with Crippen molar-refractivity contribution in [2.75, 3.05) is 0 Å². The lowest BCUT2D eigenvalue weighted by atomic mass is 9.98. The van der Waals surface area contributed by atoms with Crippen molar-refractivity contribution in [1.82, 2.24) is 4.37 Å². The molecule has 1 nitrogen and oxygen atoms in total. The lowest BCUT2D eigenvalue weighted by Gasteiger charge is -2.07. The molecule has 0 saturated carbocycles. The minimum atomic E-state index is 0.583. The number of benzene rings is 1. The van der Waals surface area contributed by atoms with Gasteiger partial charge in [0.25, 0.3) is 0 Å². The minimum absolute atomic E-state index is 0.583. The molecule has 0 spiro atoms. The summed E-state index contributed by atoms with van der Waals surface area (Å²) in [7, 11) is 0. The Hall–Kier alpha value is -0.890. The highest BCUT2D eigenvalue weighted by Gasteiger charge is 2.07. The molecule has 0 atom stereocenters. The molecule has 0 saturated heterocycles. The third-order valence-corrected chi connectivity index (χ3v) is 3.31. The summed E-state index contributed by atoms with van der Waals surface area (Å²) >= 11 is 1.60. The zero-order valence-electron chi connectivity index (χ0n) is 8.16. The summed E-state index contributed by atoms with van der Waals surface area (Å²) in [6.45, 7) is 6.59. The van der Waals surface area contributed by atoms with E-state index in [0.717, 1.165) is 0 Å². The molecule has 0 aliphatic heterocycles. The summed E-state index contributed by atoms with van der Waals surface area (Å²) in [5, 5.41) is 1.33. The molecule has 2 aromatic rings. The van der Waals surface area contributed by atoms with Crippen LogP contribution in [0.15, 0.2) is 18.3 Å². The normalized spacial score (nSPS) is 11.4. The number of rotatable bonds is 1. The van der Waals surface area contributed by atoms with Crippen LogP contribution in [-0.4, -0.2) is 4.37 Å². The van der Waals surface area contributed by atoms with E-state index >= 15 is 0 Å². The van der Waals surface area contributed by atoms with E-state index in [9.17, 15) is 0 Å². The first-order valence-electron chi connectivity index (χ1n) is 4.54. The molecule has 0 aliphatic rings. The van der Waals surface area contributed by atoms with E-state index in [0.29, 0.717) is 5.92 Å². The number of aryl methyl sites for hydroxylation is 1. The molecule has 1 heterocycles. The second-order valence-electron chi connectivity index (χ2n) is 3.69. The predicted octanol–water partition coefficient (Wildman–Crippen LogP) is 3.73. The lowest BCUT2D eigenvalue weighted by molar-refractivity contribution is 0.876. The van der Waals surface area contributed by atoms with Crippen molar-refractivity contribution in [3.8, 4) is 0 Å². The van der Waals surface area contributed by atoms with Crippen molar-refractivity contribution < 1.29 is 0 Å². The molecule has 2 heteroatoms. The molecule has 1 aromatic heterocycles. The second-order valence-corrected chi connectivity index (χ2v) is 4.50. The molecule has 0 radical (unpaired) electrons. The minimum Gasteiger partial charge on any atom is -0.200 e. The average Bonchev–Trinajstić information content (AvgIpc) is 2.53. The molecule has 0 fully saturated rings. The summed E-state index contributed by atoms with van der Waals surface area (Å²) in [6.07, 6.45) is 1.99. The van der Waals surface area contributed by atoms with Crippen molar-refractivity contribution in [3.05, 3.63) is 29.5 Å². The summed E-state index contributed by atoms with van der Waals surface area (Å²) in [6, 6.07) is 4.41. The van der Waals surface area contributed by atoms with E-state index in [2.05, 4.69) is 37.3 Å². The number of aromatic nitrogens is 1. The Labute approximate surface area is 82.6 Å². The van der Waals surface area contributed by atoms with Gasteiger partial charge in [-0.15, -0.1) is 0 Å². The zero-order chi connectivity index (χ0) is 9.42. The molecular weight excluding hydrogens is 178 g/mol. The maximum Gasteiger partial charge on any atom is 0.0582 e. The van der Waals surface area contributed by atoms with Crippen LogP contribution in [0.5, 0.6) is 0 Å². The van der Waals surface area contributed by atoms with Gasteiger partial charge < -0.3 is 0 Å². The molecule has 13 heavy (non-hydrogen) atoms. The summed E-state index contributed by atoms with van der Waals surface area (Å²) < 4.78 is 5.59. The highest BCUT2D eigenvalue weighted by molar-refractivity contribution is 7.13. The van der Waals surface area contributed by atoms with Gasteiger partial charge in [0.1, 0.15) is 0 Å². The fourth-order valence-corrected chi connectivity index (χ4v) is 2.36. The fourth-order valence-electron chi connectivity index (χ4n) is 1.61. The molecule has 2 rings (SSSR count). The first-order chi connectivity index (χ1) is 6.20. The van der Waals surface area contributed by atoms with Crippen LogP contribution in [0.25, 0.3) is 10.1 Å². The van der Waals surface area contributed by atoms with Gasteiger partial charge in [-0.25, -0.2) is 0 Å². The first kappa shape index (κ1) is 8.70. The molecule has 0 N–H and O–H groups in total. The first-order valence-corrected chi connectivity index (χ1v) is 5.31. The predicted molar refractivity (Wildman–Crippen MR) is 58.4 cm³/mol. The summed E-state index contributed by atoms with van der Waals surface area (Å²) in [5.74, 6) is 0.583. The van der Waals surface area contributed by atoms with Crippen molar-refractivity contribution in [2.24, 2.45) is 0 Å². The third-order valence-electron chi connectivity index (χ3n) is 2.37. The molecule has 68 valence electrons. The summed E-state index contributed by atoms with van der Waals surface area (Å²) in [4.78, 5) is 0. The van der Waals surface area contributed by atoms with Gasteiger partial charge in [-0.1, -0.05) is 26.0 Å². The van der Waals surface area contributed by atoms with Crippen molar-refractivity contribution in [2.45, 2.75) is 26.7 Å². The number of hydrogen-bond acceptors (Lipinski definition) is 2. The van der Waals surface area contributed by atoms with Crippen LogP contribution in [-0.2, 0) is 0 Å². The van der Waals surface area contributed by atoms with Crippen LogP contribution in [0.1, 0.15) is 30.9 Å². The third kappa shape index (κ3) is 1.35. The van der Waals surface area contributed by atoms with Gasteiger partial charge in [0.15, 0.2) is 0 Å². The Kier molecular flexibility index (Phi) is 2.08. The number of nitrogens with zero attached hydrogens (tertiary/aromatic N) is 1. The van der Waals surface area contributed by atoms with E-state index in [4.69, 9.17) is 0 Å². The standard InChI is InChI=1S/C11H13NS/c1-7(2)9-5-4-8(3)11-10(9)6-12-13-11/h4-7H,1-3H3. The maximum absolute atomic E-state index is 4.25. The van der Waals surface area contributed by atoms with Crippen molar-refractivity contribution >= 4 is 21.6 Å². The number of fused-ring (bicyclic) bond motifs is 1. The molecule has 0 amide bonds. The van der Waals surface area contributed by atoms with Gasteiger partial charge in [-0.05, 0) is 35.5 Å². The smallest absolute Gasteiger partial charge is 0.0582 e. The van der Waals surface area contributed by atoms with E-state index in [1.54, 1.807) is 11.5 Å². The SMILES string of the molecule is Cc1ccc(C(C)C)c2cnsc12. The molecule has 0 bridgehead atoms. The van der Waals surface area contributed by atoms with Crippen LogP contribution in [0.4, 0.5) is 0 Å². The van der Waals surface area contributed by atoms with Gasteiger partial charge in [0.05, 0.1) is 4.70 Å². The second kappa shape index (κ2) is 3.11. The van der Waals surface area contributed by atoms with Gasteiger partial charge in [-0.2, -0.15) is 4.37 Å². The highest BCUT2D eigenvalue weighted by atomic mass is 32.1. The monoisotopic (exact) mass is 191 g/mol. The van der Waals surface area contributed by atoms with Gasteiger partial charge in [0, 0.05) is 11.6 Å². The van der Waals surface area contributed by atoms with Crippen LogP contribution < -0.4 is 0 Å². The van der Waals surface area contributed by atoms with Crippen molar-refractivity contribution in [1.29, 1.82) is 0 Å². The van der Waals surface area contributed by atoms with E-state index in [1.807, 2.05) is 6.20 Å². The molecular formula is C11H13NS. The zero-order valence-corrected chi connectivity index (χ0v) is 8.98. The van der Waals surface area contributed by atoms with Crippen molar-refractivity contribution in [3.63, 3.8) is 0 Å².